The molecule has 1 fully saturated rings. The van der Waals surface area contributed by atoms with Gasteiger partial charge in [-0.3, -0.25) is 18.8 Å². The van der Waals surface area contributed by atoms with E-state index >= 15 is 0 Å². The molecule has 1 atom stereocenters. The Labute approximate surface area is 181 Å². The number of benzene rings is 1. The van der Waals surface area contributed by atoms with Gasteiger partial charge in [-0.05, 0) is 40.0 Å². The van der Waals surface area contributed by atoms with Crippen LogP contribution in [0.4, 0.5) is 0 Å². The van der Waals surface area contributed by atoms with E-state index in [9.17, 15) is 14.4 Å². The molecule has 1 saturated heterocycles. The SMILES string of the molecule is O=C(OCc1cc(=O)n2cc(Br)ccc2n1)[C@@H]1CC(=O)N(CCc2ccccc2)C1. The van der Waals surface area contributed by atoms with Gasteiger partial charge in [0.05, 0.1) is 11.6 Å². The van der Waals surface area contributed by atoms with Crippen LogP contribution in [0.5, 0.6) is 0 Å². The van der Waals surface area contributed by atoms with Gasteiger partial charge in [-0.1, -0.05) is 30.3 Å². The van der Waals surface area contributed by atoms with Crippen LogP contribution in [0.2, 0.25) is 0 Å². The summed E-state index contributed by atoms with van der Waals surface area (Å²) in [7, 11) is 0. The summed E-state index contributed by atoms with van der Waals surface area (Å²) in [6, 6.07) is 14.8. The Morgan fingerprint density at radius 2 is 1.97 bits per heavy atom. The molecule has 4 rings (SSSR count). The van der Waals surface area contributed by atoms with Crippen molar-refractivity contribution in [3.63, 3.8) is 0 Å². The highest BCUT2D eigenvalue weighted by atomic mass is 79.9. The lowest BCUT2D eigenvalue weighted by Crippen LogP contribution is -2.29. The van der Waals surface area contributed by atoms with Gasteiger partial charge in [0.2, 0.25) is 5.91 Å². The maximum atomic E-state index is 12.5. The van der Waals surface area contributed by atoms with E-state index in [-0.39, 0.29) is 24.5 Å². The van der Waals surface area contributed by atoms with Crippen molar-refractivity contribution in [1.29, 1.82) is 0 Å². The number of nitrogens with zero attached hydrogens (tertiary/aromatic N) is 3. The third kappa shape index (κ3) is 4.59. The van der Waals surface area contributed by atoms with Crippen LogP contribution in [0.25, 0.3) is 5.65 Å². The molecule has 0 spiro atoms. The normalized spacial score (nSPS) is 16.2. The molecule has 30 heavy (non-hydrogen) atoms. The Balaban J connectivity index is 1.34. The van der Waals surface area contributed by atoms with Crippen molar-refractivity contribution in [2.45, 2.75) is 19.4 Å². The summed E-state index contributed by atoms with van der Waals surface area (Å²) >= 11 is 3.32. The molecule has 0 saturated carbocycles. The smallest absolute Gasteiger partial charge is 0.311 e. The van der Waals surface area contributed by atoms with E-state index in [1.165, 1.54) is 10.5 Å². The van der Waals surface area contributed by atoms with Gasteiger partial charge in [0, 0.05) is 36.2 Å². The van der Waals surface area contributed by atoms with Gasteiger partial charge in [-0.2, -0.15) is 0 Å². The lowest BCUT2D eigenvalue weighted by atomic mass is 10.1. The number of carbonyl (C=O) groups is 2. The first-order valence-corrected chi connectivity index (χ1v) is 10.4. The average Bonchev–Trinajstić information content (AvgIpc) is 3.12. The van der Waals surface area contributed by atoms with Gasteiger partial charge in [0.1, 0.15) is 12.3 Å². The molecule has 3 aromatic rings. The number of rotatable bonds is 6. The van der Waals surface area contributed by atoms with Crippen molar-refractivity contribution in [1.82, 2.24) is 14.3 Å². The Morgan fingerprint density at radius 1 is 1.17 bits per heavy atom. The fourth-order valence-electron chi connectivity index (χ4n) is 3.52. The number of hydrogen-bond acceptors (Lipinski definition) is 5. The van der Waals surface area contributed by atoms with Gasteiger partial charge in [-0.25, -0.2) is 4.98 Å². The average molecular weight is 470 g/mol. The molecule has 1 aliphatic rings. The molecule has 3 heterocycles. The molecule has 0 aliphatic carbocycles. The molecule has 0 unspecified atom stereocenters. The first-order valence-electron chi connectivity index (χ1n) is 9.66. The van der Waals surface area contributed by atoms with Crippen LogP contribution in [-0.2, 0) is 27.4 Å². The van der Waals surface area contributed by atoms with Gasteiger partial charge in [-0.15, -0.1) is 0 Å². The van der Waals surface area contributed by atoms with Crippen molar-refractivity contribution in [2.75, 3.05) is 13.1 Å². The quantitative estimate of drug-likeness (QED) is 0.518. The number of likely N-dealkylation sites (tertiary alicyclic amines) is 1. The highest BCUT2D eigenvalue weighted by Gasteiger charge is 2.35. The highest BCUT2D eigenvalue weighted by molar-refractivity contribution is 9.10. The third-order valence-corrected chi connectivity index (χ3v) is 5.57. The molecular formula is C22H20BrN3O4. The summed E-state index contributed by atoms with van der Waals surface area (Å²) in [5.74, 6) is -0.977. The van der Waals surface area contributed by atoms with E-state index in [1.807, 2.05) is 30.3 Å². The van der Waals surface area contributed by atoms with E-state index in [0.717, 1.165) is 16.5 Å². The van der Waals surface area contributed by atoms with E-state index in [4.69, 9.17) is 4.74 Å². The number of hydrogen-bond donors (Lipinski definition) is 0. The van der Waals surface area contributed by atoms with Gasteiger partial charge in [0.25, 0.3) is 5.56 Å². The first-order chi connectivity index (χ1) is 14.5. The highest BCUT2D eigenvalue weighted by Crippen LogP contribution is 2.20. The second kappa shape index (κ2) is 8.79. The monoisotopic (exact) mass is 469 g/mol. The molecule has 8 heteroatoms. The van der Waals surface area contributed by atoms with Gasteiger partial charge >= 0.3 is 5.97 Å². The van der Waals surface area contributed by atoms with E-state index in [0.29, 0.717) is 24.4 Å². The Morgan fingerprint density at radius 3 is 2.77 bits per heavy atom. The fraction of sp³-hybridized carbons (Fsp3) is 0.273. The minimum Gasteiger partial charge on any atom is -0.459 e. The number of esters is 1. The summed E-state index contributed by atoms with van der Waals surface area (Å²) in [5, 5.41) is 0. The molecule has 0 radical (unpaired) electrons. The van der Waals surface area contributed by atoms with Gasteiger partial charge < -0.3 is 9.64 Å². The number of ether oxygens (including phenoxy) is 1. The lowest BCUT2D eigenvalue weighted by Gasteiger charge is -2.16. The number of carbonyl (C=O) groups excluding carboxylic acids is 2. The molecule has 0 bridgehead atoms. The fourth-order valence-corrected chi connectivity index (χ4v) is 3.85. The summed E-state index contributed by atoms with van der Waals surface area (Å²) < 4.78 is 7.54. The summed E-state index contributed by atoms with van der Waals surface area (Å²) in [6.07, 6.45) is 2.53. The zero-order chi connectivity index (χ0) is 21.1. The lowest BCUT2D eigenvalue weighted by molar-refractivity contribution is -0.149. The predicted octanol–water partition coefficient (Wildman–Crippen LogP) is 2.59. The van der Waals surface area contributed by atoms with Crippen LogP contribution < -0.4 is 5.56 Å². The van der Waals surface area contributed by atoms with Crippen LogP contribution in [0.3, 0.4) is 0 Å². The van der Waals surface area contributed by atoms with Crippen LogP contribution in [-0.4, -0.2) is 39.3 Å². The molecule has 1 aromatic carbocycles. The van der Waals surface area contributed by atoms with E-state index in [1.54, 1.807) is 23.2 Å². The van der Waals surface area contributed by atoms with Gasteiger partial charge in [0.15, 0.2) is 0 Å². The molecule has 7 nitrogen and oxygen atoms in total. The standard InChI is InChI=1S/C22H20BrN3O4/c23-17-6-7-19-24-18(11-21(28)26(19)13-17)14-30-22(29)16-10-20(27)25(12-16)9-8-15-4-2-1-3-5-15/h1-7,11,13,16H,8-10,12,14H2/t16-/m1/s1. The largest absolute Gasteiger partial charge is 0.459 e. The van der Waals surface area contributed by atoms with E-state index in [2.05, 4.69) is 20.9 Å². The number of fused-ring (bicyclic) bond motifs is 1. The van der Waals surface area contributed by atoms with E-state index < -0.39 is 11.9 Å². The van der Waals surface area contributed by atoms with Crippen molar-refractivity contribution in [2.24, 2.45) is 5.92 Å². The van der Waals surface area contributed by atoms with Crippen molar-refractivity contribution in [3.8, 4) is 0 Å². The third-order valence-electron chi connectivity index (χ3n) is 5.10. The molecule has 1 amide bonds. The maximum absolute atomic E-state index is 12.5. The Hall–Kier alpha value is -3.00. The summed E-state index contributed by atoms with van der Waals surface area (Å²) in [4.78, 5) is 43.0. The number of pyridine rings is 1. The van der Waals surface area contributed by atoms with Crippen molar-refractivity contribution >= 4 is 33.5 Å². The zero-order valence-corrected chi connectivity index (χ0v) is 17.7. The molecule has 1 aliphatic heterocycles. The summed E-state index contributed by atoms with van der Waals surface area (Å²) in [6.45, 7) is 0.826. The van der Waals surface area contributed by atoms with Crippen molar-refractivity contribution < 1.29 is 14.3 Å². The molecule has 0 N–H and O–H groups in total. The number of amides is 1. The second-order valence-corrected chi connectivity index (χ2v) is 8.16. The minimum absolute atomic E-state index is 0.0412. The van der Waals surface area contributed by atoms with Crippen molar-refractivity contribution in [3.05, 3.63) is 80.8 Å². The molecule has 154 valence electrons. The number of halogens is 1. The maximum Gasteiger partial charge on any atom is 0.311 e. The first kappa shape index (κ1) is 20.3. The minimum atomic E-state index is -0.495. The molecule has 2 aromatic heterocycles. The zero-order valence-electron chi connectivity index (χ0n) is 16.2. The second-order valence-electron chi connectivity index (χ2n) is 7.25. The Kier molecular flexibility index (Phi) is 5.94. The Bertz CT molecular complexity index is 1150. The number of aromatic nitrogens is 2. The predicted molar refractivity (Wildman–Crippen MR) is 114 cm³/mol. The topological polar surface area (TPSA) is 81.0 Å². The van der Waals surface area contributed by atoms with Crippen LogP contribution in [0, 0.1) is 5.92 Å². The van der Waals surface area contributed by atoms with Crippen LogP contribution >= 0.6 is 15.9 Å². The van der Waals surface area contributed by atoms with Crippen LogP contribution in [0.15, 0.2) is 64.0 Å². The summed E-state index contributed by atoms with van der Waals surface area (Å²) in [5.41, 5.74) is 1.74. The molecular weight excluding hydrogens is 450 g/mol. The van der Waals surface area contributed by atoms with Crippen LogP contribution in [0.1, 0.15) is 17.7 Å².